The summed E-state index contributed by atoms with van der Waals surface area (Å²) in [5.74, 6) is 0. The van der Waals surface area contributed by atoms with E-state index < -0.39 is 7.82 Å². The molecule has 0 heterocycles. The van der Waals surface area contributed by atoms with E-state index in [4.69, 9.17) is 10.00 Å². The predicted molar refractivity (Wildman–Crippen MR) is 43.6 cm³/mol. The second-order valence-corrected chi connectivity index (χ2v) is 3.05. The summed E-state index contributed by atoms with van der Waals surface area (Å²) >= 11 is 0. The molecule has 0 rings (SSSR count). The van der Waals surface area contributed by atoms with Gasteiger partial charge in [-0.05, 0) is 13.8 Å². The van der Waals surface area contributed by atoms with Gasteiger partial charge in [-0.15, -0.1) is 6.61 Å². The minimum Gasteiger partial charge on any atom is -0.855 e. The average Bonchev–Trinajstić information content (AvgIpc) is 1.88. The Labute approximate surface area is 101 Å². The van der Waals surface area contributed by atoms with Gasteiger partial charge in [-0.3, -0.25) is 9.05 Å². The zero-order chi connectivity index (χ0) is 10.0. The van der Waals surface area contributed by atoms with Crippen molar-refractivity contribution in [2.75, 3.05) is 19.8 Å². The van der Waals surface area contributed by atoms with Crippen LogP contribution < -0.4 is 34.7 Å². The predicted octanol–water partition coefficient (Wildman–Crippen LogP) is -2.47. The van der Waals surface area contributed by atoms with E-state index >= 15 is 0 Å². The average molecular weight is 222 g/mol. The van der Waals surface area contributed by atoms with Crippen molar-refractivity contribution in [1.82, 2.24) is 0 Å². The van der Waals surface area contributed by atoms with Gasteiger partial charge in [0.2, 0.25) is 0 Å². The maximum atomic E-state index is 10.5. The molecule has 0 spiro atoms. The molecule has 76 valence electrons. The third-order valence-corrected chi connectivity index (χ3v) is 1.75. The minimum absolute atomic E-state index is 0. The van der Waals surface area contributed by atoms with Gasteiger partial charge < -0.3 is 10.00 Å². The second-order valence-electron chi connectivity index (χ2n) is 1.59. The van der Waals surface area contributed by atoms with Crippen molar-refractivity contribution < 1.29 is 53.2 Å². The van der Waals surface area contributed by atoms with Gasteiger partial charge in [0, 0.05) is 0 Å². The summed E-state index contributed by atoms with van der Waals surface area (Å²) in [6, 6.07) is 0. The molecule has 1 N–H and O–H groups in total. The van der Waals surface area contributed by atoms with Crippen molar-refractivity contribution in [2.24, 2.45) is 0 Å². The Kier molecular flexibility index (Phi) is 19.7. The first-order valence-electron chi connectivity index (χ1n) is 3.74. The summed E-state index contributed by atoms with van der Waals surface area (Å²) in [5.41, 5.74) is 0. The van der Waals surface area contributed by atoms with E-state index in [1.54, 1.807) is 20.8 Å². The first kappa shape index (κ1) is 19.6. The Balaban J connectivity index is -0.000000220. The van der Waals surface area contributed by atoms with E-state index in [0.29, 0.717) is 0 Å². The topological polar surface area (TPSA) is 78.8 Å². The van der Waals surface area contributed by atoms with Crippen LogP contribution in [0.5, 0.6) is 0 Å². The summed E-state index contributed by atoms with van der Waals surface area (Å²) in [6.07, 6.45) is 0. The third-order valence-electron chi connectivity index (χ3n) is 0.584. The molecule has 0 unspecified atom stereocenters. The van der Waals surface area contributed by atoms with Crippen molar-refractivity contribution >= 4 is 7.82 Å². The van der Waals surface area contributed by atoms with Crippen molar-refractivity contribution in [3.8, 4) is 0 Å². The number of hydrogen-bond donors (Lipinski definition) is 1. The van der Waals surface area contributed by atoms with Crippen LogP contribution in [-0.2, 0) is 13.6 Å². The summed E-state index contributed by atoms with van der Waals surface area (Å²) in [7, 11) is -3.69. The van der Waals surface area contributed by atoms with E-state index in [9.17, 15) is 4.57 Å². The van der Waals surface area contributed by atoms with Crippen LogP contribution in [-0.4, -0.2) is 24.7 Å². The molecule has 5 nitrogen and oxygen atoms in total. The van der Waals surface area contributed by atoms with E-state index in [1.807, 2.05) is 0 Å². The fourth-order valence-electron chi connectivity index (χ4n) is 0.364. The maximum absolute atomic E-state index is 10.5. The molecule has 0 aromatic carbocycles. The second kappa shape index (κ2) is 13.1. The Morgan fingerprint density at radius 3 is 1.62 bits per heavy atom. The molecule has 0 saturated carbocycles. The zero-order valence-electron chi connectivity index (χ0n) is 8.65. The first-order chi connectivity index (χ1) is 5.54. The van der Waals surface area contributed by atoms with Gasteiger partial charge in [0.1, 0.15) is 0 Å². The Bertz CT molecular complexity index is 122. The van der Waals surface area contributed by atoms with Gasteiger partial charge in [-0.25, -0.2) is 4.57 Å². The normalized spacial score (nSPS) is 9.62. The van der Waals surface area contributed by atoms with Gasteiger partial charge in [0.05, 0.1) is 13.2 Å². The molecule has 7 heteroatoms. The van der Waals surface area contributed by atoms with Gasteiger partial charge in [-0.2, -0.15) is 0 Å². The summed E-state index contributed by atoms with van der Waals surface area (Å²) in [4.78, 5) is 8.63. The molecule has 13 heavy (non-hydrogen) atoms. The fraction of sp³-hybridized carbons (Fsp3) is 1.00. The van der Waals surface area contributed by atoms with Crippen LogP contribution in [0.2, 0.25) is 0 Å². The smallest absolute Gasteiger partial charge is 0.855 e. The van der Waals surface area contributed by atoms with Crippen LogP contribution >= 0.6 is 7.82 Å². The number of rotatable bonds is 4. The molecule has 0 aromatic heterocycles. The van der Waals surface area contributed by atoms with E-state index in [-0.39, 0.29) is 49.4 Å². The van der Waals surface area contributed by atoms with Crippen LogP contribution in [0.1, 0.15) is 20.8 Å². The summed E-state index contributed by atoms with van der Waals surface area (Å²) in [5, 5.41) is 8.93. The van der Waals surface area contributed by atoms with Crippen LogP contribution in [0, 0.1) is 0 Å². The third kappa shape index (κ3) is 19.5. The molecular formula is C6H16NaO5P. The molecule has 0 fully saturated rings. The van der Waals surface area contributed by atoms with Crippen LogP contribution in [0.25, 0.3) is 0 Å². The number of phosphoric acid groups is 1. The first-order valence-corrected chi connectivity index (χ1v) is 5.23. The Morgan fingerprint density at radius 2 is 1.46 bits per heavy atom. The zero-order valence-corrected chi connectivity index (χ0v) is 11.5. The molecule has 0 radical (unpaired) electrons. The van der Waals surface area contributed by atoms with Crippen molar-refractivity contribution in [3.05, 3.63) is 0 Å². The molecule has 0 aromatic rings. The van der Waals surface area contributed by atoms with Gasteiger partial charge >= 0.3 is 37.4 Å². The SMILES string of the molecule is CCOP(=O)(O)OCC.CC[O-].[Na+]. The number of phosphoric ester groups is 1. The van der Waals surface area contributed by atoms with Gasteiger partial charge in [0.15, 0.2) is 0 Å². The molecular weight excluding hydrogens is 206 g/mol. The van der Waals surface area contributed by atoms with E-state index in [0.717, 1.165) is 0 Å². The van der Waals surface area contributed by atoms with Gasteiger partial charge in [-0.1, -0.05) is 6.92 Å². The molecule has 0 bridgehead atoms. The number of hydrogen-bond acceptors (Lipinski definition) is 4. The van der Waals surface area contributed by atoms with E-state index in [1.165, 1.54) is 0 Å². The standard InChI is InChI=1S/C4H11O4P.C2H5O.Na/c1-3-7-9(5,6)8-4-2;1-2-3;/h3-4H2,1-2H3,(H,5,6);2H2,1H3;/q;-1;+1. The van der Waals surface area contributed by atoms with E-state index in [2.05, 4.69) is 9.05 Å². The van der Waals surface area contributed by atoms with Crippen LogP contribution in [0.15, 0.2) is 0 Å². The maximum Gasteiger partial charge on any atom is 1.00 e. The van der Waals surface area contributed by atoms with Crippen molar-refractivity contribution in [1.29, 1.82) is 0 Å². The molecule has 0 saturated heterocycles. The molecule has 0 amide bonds. The summed E-state index contributed by atoms with van der Waals surface area (Å²) < 4.78 is 19.2. The quantitative estimate of drug-likeness (QED) is 0.421. The molecule has 0 aliphatic rings. The van der Waals surface area contributed by atoms with Crippen molar-refractivity contribution in [2.45, 2.75) is 20.8 Å². The summed E-state index contributed by atoms with van der Waals surface area (Å²) in [6.45, 7) is 5.20. The Morgan fingerprint density at radius 1 is 1.23 bits per heavy atom. The fourth-order valence-corrected chi connectivity index (χ4v) is 1.09. The largest absolute Gasteiger partial charge is 1.00 e. The molecule has 0 atom stereocenters. The van der Waals surface area contributed by atoms with Crippen molar-refractivity contribution in [3.63, 3.8) is 0 Å². The van der Waals surface area contributed by atoms with Crippen LogP contribution in [0.3, 0.4) is 0 Å². The molecule has 0 aliphatic heterocycles. The molecule has 0 aliphatic carbocycles. The Hall–Kier alpha value is 1.07. The van der Waals surface area contributed by atoms with Gasteiger partial charge in [0.25, 0.3) is 0 Å². The minimum atomic E-state index is -3.69. The monoisotopic (exact) mass is 222 g/mol. The van der Waals surface area contributed by atoms with Crippen LogP contribution in [0.4, 0.5) is 0 Å².